The molecule has 1 aromatic carbocycles. The summed E-state index contributed by atoms with van der Waals surface area (Å²) < 4.78 is 15.3. The molecule has 0 aromatic heterocycles. The van der Waals surface area contributed by atoms with Gasteiger partial charge in [0.25, 0.3) is 0 Å². The first-order chi connectivity index (χ1) is 11.5. The van der Waals surface area contributed by atoms with Crippen LogP contribution in [0.3, 0.4) is 0 Å². The van der Waals surface area contributed by atoms with Crippen molar-refractivity contribution in [3.05, 3.63) is 17.7 Å². The monoisotopic (exact) mass is 336 g/mol. The summed E-state index contributed by atoms with van der Waals surface area (Å²) in [7, 11) is 6.31. The van der Waals surface area contributed by atoms with Crippen LogP contribution in [0.1, 0.15) is 23.2 Å². The second kappa shape index (κ2) is 8.01. The summed E-state index contributed by atoms with van der Waals surface area (Å²) in [4.78, 5) is 26.8. The zero-order valence-corrected chi connectivity index (χ0v) is 14.5. The number of likely N-dealkylation sites (tertiary alicyclic amines) is 1. The molecule has 1 N–H and O–H groups in total. The Labute approximate surface area is 141 Å². The molecule has 0 bridgehead atoms. The van der Waals surface area contributed by atoms with Crippen molar-refractivity contribution in [1.29, 1.82) is 0 Å². The fraction of sp³-hybridized carbons (Fsp3) is 0.529. The van der Waals surface area contributed by atoms with Gasteiger partial charge in [0, 0.05) is 18.1 Å². The Morgan fingerprint density at radius 1 is 1.08 bits per heavy atom. The molecule has 1 aliphatic rings. The summed E-state index contributed by atoms with van der Waals surface area (Å²) in [6.07, 6.45) is 1.59. The molecule has 2 rings (SSSR count). The van der Waals surface area contributed by atoms with E-state index in [1.54, 1.807) is 6.07 Å². The SMILES string of the molecule is COC(=O)c1cc(OC)c(OC)cc1NC(=O)C1CCN(C)CC1. The molecular weight excluding hydrogens is 312 g/mol. The molecule has 1 saturated heterocycles. The number of hydrogen-bond acceptors (Lipinski definition) is 6. The Kier molecular flexibility index (Phi) is 6.03. The van der Waals surface area contributed by atoms with Crippen LogP contribution in [0.5, 0.6) is 11.5 Å². The van der Waals surface area contributed by atoms with Crippen LogP contribution in [0.4, 0.5) is 5.69 Å². The summed E-state index contributed by atoms with van der Waals surface area (Å²) in [6, 6.07) is 3.09. The molecule has 7 nitrogen and oxygen atoms in total. The lowest BCUT2D eigenvalue weighted by Gasteiger charge is -2.28. The van der Waals surface area contributed by atoms with E-state index >= 15 is 0 Å². The topological polar surface area (TPSA) is 77.1 Å². The van der Waals surface area contributed by atoms with Crippen molar-refractivity contribution in [2.24, 2.45) is 5.92 Å². The Balaban J connectivity index is 2.26. The lowest BCUT2D eigenvalue weighted by molar-refractivity contribution is -0.121. The smallest absolute Gasteiger partial charge is 0.340 e. The second-order valence-corrected chi connectivity index (χ2v) is 5.81. The summed E-state index contributed by atoms with van der Waals surface area (Å²) in [5.74, 6) is 0.119. The lowest BCUT2D eigenvalue weighted by atomic mass is 9.96. The second-order valence-electron chi connectivity index (χ2n) is 5.81. The predicted octanol–water partition coefficient (Wildman–Crippen LogP) is 1.77. The Morgan fingerprint density at radius 3 is 2.21 bits per heavy atom. The molecule has 24 heavy (non-hydrogen) atoms. The normalized spacial score (nSPS) is 15.7. The number of carbonyl (C=O) groups is 2. The van der Waals surface area contributed by atoms with E-state index in [1.165, 1.54) is 27.4 Å². The number of piperidine rings is 1. The van der Waals surface area contributed by atoms with Crippen LogP contribution in [0.2, 0.25) is 0 Å². The van der Waals surface area contributed by atoms with E-state index in [4.69, 9.17) is 14.2 Å². The van der Waals surface area contributed by atoms with Gasteiger partial charge in [0.05, 0.1) is 32.6 Å². The largest absolute Gasteiger partial charge is 0.493 e. The Bertz CT molecular complexity index is 609. The minimum absolute atomic E-state index is 0.0696. The van der Waals surface area contributed by atoms with Gasteiger partial charge in [-0.3, -0.25) is 4.79 Å². The highest BCUT2D eigenvalue weighted by molar-refractivity contribution is 6.02. The van der Waals surface area contributed by atoms with Gasteiger partial charge in [0.15, 0.2) is 11.5 Å². The van der Waals surface area contributed by atoms with Crippen molar-refractivity contribution in [1.82, 2.24) is 4.90 Å². The van der Waals surface area contributed by atoms with E-state index in [9.17, 15) is 9.59 Å². The zero-order chi connectivity index (χ0) is 17.7. The van der Waals surface area contributed by atoms with Gasteiger partial charge in [-0.1, -0.05) is 0 Å². The molecule has 7 heteroatoms. The lowest BCUT2D eigenvalue weighted by Crippen LogP contribution is -2.36. The van der Waals surface area contributed by atoms with Crippen LogP contribution in [0.15, 0.2) is 12.1 Å². The van der Waals surface area contributed by atoms with Crippen LogP contribution in [0.25, 0.3) is 0 Å². The van der Waals surface area contributed by atoms with Gasteiger partial charge in [-0.05, 0) is 33.0 Å². The van der Waals surface area contributed by atoms with Gasteiger partial charge in [-0.25, -0.2) is 4.79 Å². The summed E-state index contributed by atoms with van der Waals surface area (Å²) in [6.45, 7) is 1.77. The maximum Gasteiger partial charge on any atom is 0.340 e. The molecular formula is C17H24N2O5. The van der Waals surface area contributed by atoms with Crippen molar-refractivity contribution in [2.75, 3.05) is 46.8 Å². The molecule has 1 fully saturated rings. The molecule has 0 saturated carbocycles. The van der Waals surface area contributed by atoms with E-state index in [2.05, 4.69) is 10.2 Å². The maximum atomic E-state index is 12.5. The van der Waals surface area contributed by atoms with Crippen LogP contribution >= 0.6 is 0 Å². The number of carbonyl (C=O) groups excluding carboxylic acids is 2. The predicted molar refractivity (Wildman–Crippen MR) is 89.7 cm³/mol. The fourth-order valence-electron chi connectivity index (χ4n) is 2.77. The van der Waals surface area contributed by atoms with E-state index in [-0.39, 0.29) is 17.4 Å². The number of methoxy groups -OCH3 is 3. The highest BCUT2D eigenvalue weighted by Gasteiger charge is 2.25. The van der Waals surface area contributed by atoms with Gasteiger partial charge in [-0.15, -0.1) is 0 Å². The van der Waals surface area contributed by atoms with E-state index < -0.39 is 5.97 Å². The number of ether oxygens (including phenoxy) is 3. The molecule has 0 radical (unpaired) electrons. The van der Waals surface area contributed by atoms with Crippen molar-refractivity contribution in [3.8, 4) is 11.5 Å². The molecule has 1 aromatic rings. The Hall–Kier alpha value is -2.28. The number of benzene rings is 1. The first-order valence-electron chi connectivity index (χ1n) is 7.83. The standard InChI is InChI=1S/C17H24N2O5/c1-19-7-5-11(6-8-19)16(20)18-13-10-15(23-3)14(22-2)9-12(13)17(21)24-4/h9-11H,5-8H2,1-4H3,(H,18,20). The molecule has 1 heterocycles. The van der Waals surface area contributed by atoms with E-state index in [1.807, 2.05) is 7.05 Å². The van der Waals surface area contributed by atoms with Crippen molar-refractivity contribution < 1.29 is 23.8 Å². The average Bonchev–Trinajstić information content (AvgIpc) is 2.61. The molecule has 0 aliphatic carbocycles. The van der Waals surface area contributed by atoms with Gasteiger partial charge in [0.1, 0.15) is 0 Å². The van der Waals surface area contributed by atoms with Gasteiger partial charge in [0.2, 0.25) is 5.91 Å². The number of amides is 1. The minimum Gasteiger partial charge on any atom is -0.493 e. The van der Waals surface area contributed by atoms with Gasteiger partial charge in [-0.2, -0.15) is 0 Å². The average molecular weight is 336 g/mol. The Morgan fingerprint density at radius 2 is 1.67 bits per heavy atom. The molecule has 0 unspecified atom stereocenters. The number of esters is 1. The number of anilines is 1. The molecule has 0 spiro atoms. The van der Waals surface area contributed by atoms with Crippen molar-refractivity contribution in [2.45, 2.75) is 12.8 Å². The maximum absolute atomic E-state index is 12.5. The van der Waals surface area contributed by atoms with Crippen LogP contribution in [-0.2, 0) is 9.53 Å². The fourth-order valence-corrected chi connectivity index (χ4v) is 2.77. The molecule has 132 valence electrons. The van der Waals surface area contributed by atoms with E-state index in [0.717, 1.165) is 25.9 Å². The third-order valence-corrected chi connectivity index (χ3v) is 4.28. The van der Waals surface area contributed by atoms with Crippen LogP contribution < -0.4 is 14.8 Å². The summed E-state index contributed by atoms with van der Waals surface area (Å²) in [5.41, 5.74) is 0.597. The highest BCUT2D eigenvalue weighted by atomic mass is 16.5. The van der Waals surface area contributed by atoms with Crippen LogP contribution in [-0.4, -0.2) is 58.2 Å². The summed E-state index contributed by atoms with van der Waals surface area (Å²) in [5, 5.41) is 2.84. The third-order valence-electron chi connectivity index (χ3n) is 4.28. The quantitative estimate of drug-likeness (QED) is 0.826. The van der Waals surface area contributed by atoms with Gasteiger partial charge >= 0.3 is 5.97 Å². The number of nitrogens with one attached hydrogen (secondary N) is 1. The van der Waals surface area contributed by atoms with Gasteiger partial charge < -0.3 is 24.4 Å². The zero-order valence-electron chi connectivity index (χ0n) is 14.5. The third kappa shape index (κ3) is 3.97. The van der Waals surface area contributed by atoms with Crippen molar-refractivity contribution >= 4 is 17.6 Å². The first kappa shape index (κ1) is 18.1. The molecule has 0 atom stereocenters. The van der Waals surface area contributed by atoms with Crippen molar-refractivity contribution in [3.63, 3.8) is 0 Å². The molecule has 1 amide bonds. The highest BCUT2D eigenvalue weighted by Crippen LogP contribution is 2.34. The number of rotatable bonds is 5. The molecule has 1 aliphatic heterocycles. The summed E-state index contributed by atoms with van der Waals surface area (Å²) >= 11 is 0. The van der Waals surface area contributed by atoms with E-state index in [0.29, 0.717) is 17.2 Å². The van der Waals surface area contributed by atoms with Crippen LogP contribution in [0, 0.1) is 5.92 Å². The number of nitrogens with zero attached hydrogens (tertiary/aromatic N) is 1. The number of hydrogen-bond donors (Lipinski definition) is 1. The first-order valence-corrected chi connectivity index (χ1v) is 7.83. The minimum atomic E-state index is -0.547.